The number of carboxylic acids is 1. The number of nitrogens with one attached hydrogen (secondary N) is 2. The molecule has 0 fully saturated rings. The Bertz CT molecular complexity index is 1840. The minimum absolute atomic E-state index is 0.00686. The SMILES string of the molecule is COC(=O)Nc1ccc(-c2cc3onc(C(=O)Nc4ccc(C#N)cc4C(=O)O)c3cc2N(C)C(C)=O)c(C(F)(F)F)c1. The Labute approximate surface area is 240 Å². The lowest BCUT2D eigenvalue weighted by atomic mass is 9.95. The molecule has 3 amide bonds. The van der Waals surface area contributed by atoms with Crippen LogP contribution in [-0.4, -0.2) is 48.3 Å². The van der Waals surface area contributed by atoms with Crippen molar-refractivity contribution in [3.8, 4) is 17.2 Å². The molecule has 0 aliphatic heterocycles. The highest BCUT2D eigenvalue weighted by Gasteiger charge is 2.35. The van der Waals surface area contributed by atoms with Gasteiger partial charge in [-0.05, 0) is 48.0 Å². The van der Waals surface area contributed by atoms with E-state index in [4.69, 9.17) is 9.78 Å². The van der Waals surface area contributed by atoms with Crippen molar-refractivity contribution in [2.75, 3.05) is 29.7 Å². The summed E-state index contributed by atoms with van der Waals surface area (Å²) in [6.07, 6.45) is -5.89. The van der Waals surface area contributed by atoms with Gasteiger partial charge in [-0.15, -0.1) is 0 Å². The standard InChI is InChI=1S/C28H20F3N5O7/c1-13(37)36(2)22-10-19-23(11-17(22)16-6-5-15(33-27(41)42-3)9-20(16)28(29,30)31)43-35-24(19)25(38)34-21-7-4-14(12-32)8-18(21)26(39)40/h4-11H,1-3H3,(H,33,41)(H,34,38)(H,39,40). The van der Waals surface area contributed by atoms with E-state index in [-0.39, 0.29) is 56.0 Å². The number of halogens is 3. The van der Waals surface area contributed by atoms with Crippen LogP contribution in [0.3, 0.4) is 0 Å². The van der Waals surface area contributed by atoms with Gasteiger partial charge in [0, 0.05) is 25.2 Å². The summed E-state index contributed by atoms with van der Waals surface area (Å²) in [6.45, 7) is 1.18. The third-order valence-electron chi connectivity index (χ3n) is 6.31. The average molecular weight is 595 g/mol. The van der Waals surface area contributed by atoms with Crippen LogP contribution in [0, 0.1) is 11.3 Å². The van der Waals surface area contributed by atoms with Crippen LogP contribution in [-0.2, 0) is 15.7 Å². The number of benzene rings is 3. The first-order chi connectivity index (χ1) is 20.2. The fourth-order valence-electron chi connectivity index (χ4n) is 4.14. The molecule has 4 rings (SSSR count). The van der Waals surface area contributed by atoms with Gasteiger partial charge in [-0.2, -0.15) is 18.4 Å². The van der Waals surface area contributed by atoms with Crippen LogP contribution in [0.1, 0.15) is 38.9 Å². The van der Waals surface area contributed by atoms with Crippen LogP contribution < -0.4 is 15.5 Å². The monoisotopic (exact) mass is 595 g/mol. The number of carbonyl (C=O) groups excluding carboxylic acids is 3. The molecular weight excluding hydrogens is 575 g/mol. The molecule has 220 valence electrons. The summed E-state index contributed by atoms with van der Waals surface area (Å²) in [4.78, 5) is 49.8. The van der Waals surface area contributed by atoms with Crippen molar-refractivity contribution >= 4 is 51.9 Å². The number of nitrogens with zero attached hydrogens (tertiary/aromatic N) is 3. The second kappa shape index (κ2) is 11.5. The van der Waals surface area contributed by atoms with Crippen LogP contribution in [0.4, 0.5) is 35.0 Å². The maximum absolute atomic E-state index is 14.2. The Morgan fingerprint density at radius 1 is 1.05 bits per heavy atom. The van der Waals surface area contributed by atoms with Crippen LogP contribution >= 0.6 is 0 Å². The van der Waals surface area contributed by atoms with Crippen LogP contribution in [0.25, 0.3) is 22.1 Å². The van der Waals surface area contributed by atoms with Gasteiger partial charge in [0.15, 0.2) is 11.3 Å². The van der Waals surface area contributed by atoms with E-state index in [0.29, 0.717) is 6.07 Å². The number of hydrogen-bond acceptors (Lipinski definition) is 8. The topological polar surface area (TPSA) is 175 Å². The Balaban J connectivity index is 1.87. The van der Waals surface area contributed by atoms with E-state index < -0.39 is 35.6 Å². The molecule has 3 N–H and O–H groups in total. The number of amides is 3. The van der Waals surface area contributed by atoms with Gasteiger partial charge < -0.3 is 24.6 Å². The van der Waals surface area contributed by atoms with Crippen molar-refractivity contribution < 1.29 is 46.7 Å². The van der Waals surface area contributed by atoms with Gasteiger partial charge in [-0.1, -0.05) is 11.2 Å². The molecule has 4 aromatic rings. The summed E-state index contributed by atoms with van der Waals surface area (Å²) in [7, 11) is 2.37. The number of rotatable bonds is 6. The molecule has 0 atom stereocenters. The minimum Gasteiger partial charge on any atom is -0.478 e. The molecule has 3 aromatic carbocycles. The van der Waals surface area contributed by atoms with Crippen molar-refractivity contribution in [3.63, 3.8) is 0 Å². The van der Waals surface area contributed by atoms with E-state index in [1.165, 1.54) is 44.3 Å². The average Bonchev–Trinajstić information content (AvgIpc) is 3.38. The van der Waals surface area contributed by atoms with E-state index in [0.717, 1.165) is 24.1 Å². The number of aromatic carboxylic acids is 1. The van der Waals surface area contributed by atoms with E-state index in [9.17, 15) is 37.5 Å². The summed E-state index contributed by atoms with van der Waals surface area (Å²) >= 11 is 0. The van der Waals surface area contributed by atoms with E-state index in [1.807, 2.05) is 0 Å². The van der Waals surface area contributed by atoms with Crippen LogP contribution in [0.15, 0.2) is 53.1 Å². The summed E-state index contributed by atoms with van der Waals surface area (Å²) in [5, 5.41) is 26.9. The first-order valence-electron chi connectivity index (χ1n) is 12.1. The van der Waals surface area contributed by atoms with Crippen molar-refractivity contribution in [1.82, 2.24) is 5.16 Å². The van der Waals surface area contributed by atoms with Gasteiger partial charge in [-0.25, -0.2) is 9.59 Å². The van der Waals surface area contributed by atoms with Crippen molar-refractivity contribution in [2.45, 2.75) is 13.1 Å². The molecule has 43 heavy (non-hydrogen) atoms. The highest BCUT2D eigenvalue weighted by Crippen LogP contribution is 2.43. The number of ether oxygens (including phenoxy) is 1. The lowest BCUT2D eigenvalue weighted by Gasteiger charge is -2.22. The number of carboxylic acid groups (broad SMARTS) is 1. The molecule has 0 aliphatic rings. The van der Waals surface area contributed by atoms with E-state index >= 15 is 0 Å². The van der Waals surface area contributed by atoms with Crippen LogP contribution in [0.2, 0.25) is 0 Å². The largest absolute Gasteiger partial charge is 0.478 e. The number of hydrogen-bond donors (Lipinski definition) is 3. The van der Waals surface area contributed by atoms with Gasteiger partial charge in [0.05, 0.1) is 46.6 Å². The number of nitriles is 1. The predicted octanol–water partition coefficient (Wildman–Crippen LogP) is 5.50. The zero-order valence-electron chi connectivity index (χ0n) is 22.5. The molecule has 15 heteroatoms. The molecule has 1 aromatic heterocycles. The summed E-state index contributed by atoms with van der Waals surface area (Å²) in [5.74, 6) is -2.89. The summed E-state index contributed by atoms with van der Waals surface area (Å²) in [5.41, 5.74) is -2.83. The van der Waals surface area contributed by atoms with Gasteiger partial charge >= 0.3 is 18.2 Å². The highest BCUT2D eigenvalue weighted by molar-refractivity contribution is 6.14. The normalized spacial score (nSPS) is 11.0. The number of fused-ring (bicyclic) bond motifs is 1. The first-order valence-corrected chi connectivity index (χ1v) is 12.1. The molecular formula is C28H20F3N5O7. The zero-order chi connectivity index (χ0) is 31.6. The number of anilines is 3. The second-order valence-corrected chi connectivity index (χ2v) is 8.98. The number of methoxy groups -OCH3 is 1. The quantitative estimate of drug-likeness (QED) is 0.260. The molecule has 0 spiro atoms. The Morgan fingerprint density at radius 2 is 1.77 bits per heavy atom. The Hall–Kier alpha value is -5.91. The fourth-order valence-corrected chi connectivity index (χ4v) is 4.14. The van der Waals surface area contributed by atoms with Gasteiger partial charge in [-0.3, -0.25) is 14.9 Å². The maximum atomic E-state index is 14.2. The second-order valence-electron chi connectivity index (χ2n) is 8.98. The molecule has 0 bridgehead atoms. The molecule has 0 radical (unpaired) electrons. The Morgan fingerprint density at radius 3 is 2.37 bits per heavy atom. The molecule has 0 aliphatic carbocycles. The molecule has 1 heterocycles. The summed E-state index contributed by atoms with van der Waals surface area (Å²) < 4.78 is 52.4. The third kappa shape index (κ3) is 6.07. The summed E-state index contributed by atoms with van der Waals surface area (Å²) in [6, 6.07) is 10.8. The lowest BCUT2D eigenvalue weighted by molar-refractivity contribution is -0.137. The number of alkyl halides is 3. The molecule has 12 nitrogen and oxygen atoms in total. The fraction of sp³-hybridized carbons (Fsp3) is 0.143. The number of aromatic nitrogens is 1. The molecule has 0 saturated heterocycles. The highest BCUT2D eigenvalue weighted by atomic mass is 19.4. The lowest BCUT2D eigenvalue weighted by Crippen LogP contribution is -2.24. The minimum atomic E-state index is -4.90. The van der Waals surface area contributed by atoms with E-state index in [1.54, 1.807) is 6.07 Å². The van der Waals surface area contributed by atoms with E-state index in [2.05, 4.69) is 20.5 Å². The maximum Gasteiger partial charge on any atom is 0.417 e. The van der Waals surface area contributed by atoms with Crippen molar-refractivity contribution in [2.24, 2.45) is 0 Å². The van der Waals surface area contributed by atoms with Gasteiger partial charge in [0.25, 0.3) is 5.91 Å². The van der Waals surface area contributed by atoms with Crippen molar-refractivity contribution in [1.29, 1.82) is 5.26 Å². The smallest absolute Gasteiger partial charge is 0.417 e. The van der Waals surface area contributed by atoms with Crippen molar-refractivity contribution in [3.05, 3.63) is 70.9 Å². The molecule has 0 unspecified atom stereocenters. The van der Waals surface area contributed by atoms with Crippen LogP contribution in [0.5, 0.6) is 0 Å². The van der Waals surface area contributed by atoms with Gasteiger partial charge in [0.1, 0.15) is 0 Å². The zero-order valence-corrected chi connectivity index (χ0v) is 22.5. The predicted molar refractivity (Wildman–Crippen MR) is 146 cm³/mol. The number of carbonyl (C=O) groups is 4. The first kappa shape index (κ1) is 30.1. The third-order valence-corrected chi connectivity index (χ3v) is 6.31. The Kier molecular flexibility index (Phi) is 8.06. The van der Waals surface area contributed by atoms with Gasteiger partial charge in [0.2, 0.25) is 5.91 Å². The molecule has 0 saturated carbocycles.